The second-order valence-corrected chi connectivity index (χ2v) is 6.92. The van der Waals surface area contributed by atoms with Crippen LogP contribution in [0, 0.1) is 13.8 Å². The molecule has 0 aromatic carbocycles. The molecule has 0 radical (unpaired) electrons. The largest absolute Gasteiger partial charge is 0.284 e. The molecule has 2 heterocycles. The van der Waals surface area contributed by atoms with Crippen molar-refractivity contribution in [2.24, 2.45) is 0 Å². The lowest BCUT2D eigenvalue weighted by molar-refractivity contribution is 0.519. The van der Waals surface area contributed by atoms with Crippen LogP contribution in [0.5, 0.6) is 0 Å². The van der Waals surface area contributed by atoms with E-state index in [-0.39, 0.29) is 11.6 Å². The van der Waals surface area contributed by atoms with E-state index in [4.69, 9.17) is 0 Å². The first-order chi connectivity index (χ1) is 8.97. The van der Waals surface area contributed by atoms with Crippen molar-refractivity contribution in [3.05, 3.63) is 33.4 Å². The molecule has 5 heteroatoms. The van der Waals surface area contributed by atoms with Crippen molar-refractivity contribution < 1.29 is 0 Å². The second kappa shape index (κ2) is 5.51. The summed E-state index contributed by atoms with van der Waals surface area (Å²) >= 11 is 3.16. The minimum Gasteiger partial charge on any atom is -0.284 e. The standard InChI is InChI=1S/C14H18N2OS2/c1-6-7-18-14-15-12-11(9(4)10(5)19-12)13(17)16(14)8(2)3/h6,8H,1,7H2,2-5H3. The summed E-state index contributed by atoms with van der Waals surface area (Å²) in [5, 5.41) is 1.56. The number of thioether (sulfide) groups is 1. The van der Waals surface area contributed by atoms with Crippen molar-refractivity contribution in [1.29, 1.82) is 0 Å². The molecule has 0 saturated heterocycles. The van der Waals surface area contributed by atoms with Crippen molar-refractivity contribution in [2.75, 3.05) is 5.75 Å². The molecule has 0 N–H and O–H groups in total. The summed E-state index contributed by atoms with van der Waals surface area (Å²) in [4.78, 5) is 19.4. The quantitative estimate of drug-likeness (QED) is 0.487. The van der Waals surface area contributed by atoms with Gasteiger partial charge in [0.2, 0.25) is 0 Å². The SMILES string of the molecule is C=CCSc1nc2sc(C)c(C)c2c(=O)n1C(C)C. The first kappa shape index (κ1) is 14.3. The van der Waals surface area contributed by atoms with Crippen LogP contribution in [0.1, 0.15) is 30.3 Å². The molecule has 3 nitrogen and oxygen atoms in total. The fourth-order valence-corrected chi connectivity index (χ4v) is 3.91. The van der Waals surface area contributed by atoms with E-state index in [0.29, 0.717) is 0 Å². The molecular weight excluding hydrogens is 276 g/mol. The molecule has 0 saturated carbocycles. The second-order valence-electron chi connectivity index (χ2n) is 4.73. The van der Waals surface area contributed by atoms with Crippen LogP contribution in [0.3, 0.4) is 0 Å². The fraction of sp³-hybridized carbons (Fsp3) is 0.429. The summed E-state index contributed by atoms with van der Waals surface area (Å²) in [7, 11) is 0. The molecule has 0 unspecified atom stereocenters. The Bertz CT molecular complexity index is 683. The molecule has 0 aliphatic rings. The van der Waals surface area contributed by atoms with E-state index in [1.807, 2.05) is 33.8 Å². The maximum absolute atomic E-state index is 12.7. The maximum Gasteiger partial charge on any atom is 0.263 e. The number of nitrogens with zero attached hydrogens (tertiary/aromatic N) is 2. The zero-order valence-electron chi connectivity index (χ0n) is 11.7. The smallest absolute Gasteiger partial charge is 0.263 e. The summed E-state index contributed by atoms with van der Waals surface area (Å²) in [6.45, 7) is 11.8. The molecule has 102 valence electrons. The Morgan fingerprint density at radius 3 is 2.74 bits per heavy atom. The average Bonchev–Trinajstić information content (AvgIpc) is 2.62. The summed E-state index contributed by atoms with van der Waals surface area (Å²) in [5.41, 5.74) is 1.14. The molecule has 2 rings (SSSR count). The Kier molecular flexibility index (Phi) is 4.16. The molecule has 2 aromatic rings. The summed E-state index contributed by atoms with van der Waals surface area (Å²) < 4.78 is 1.79. The molecule has 0 spiro atoms. The predicted octanol–water partition coefficient (Wildman–Crippen LogP) is 3.93. The first-order valence-electron chi connectivity index (χ1n) is 6.23. The normalized spacial score (nSPS) is 11.4. The molecule has 19 heavy (non-hydrogen) atoms. The molecular formula is C14H18N2OS2. The predicted molar refractivity (Wildman–Crippen MR) is 84.7 cm³/mol. The van der Waals surface area contributed by atoms with Gasteiger partial charge in [-0.1, -0.05) is 17.8 Å². The molecule has 0 aliphatic heterocycles. The van der Waals surface area contributed by atoms with Crippen molar-refractivity contribution in [1.82, 2.24) is 9.55 Å². The van der Waals surface area contributed by atoms with Gasteiger partial charge in [0.05, 0.1) is 5.39 Å². The van der Waals surface area contributed by atoms with Gasteiger partial charge in [-0.3, -0.25) is 9.36 Å². The van der Waals surface area contributed by atoms with Gasteiger partial charge in [-0.25, -0.2) is 4.98 Å². The van der Waals surface area contributed by atoms with Crippen LogP contribution in [0.25, 0.3) is 10.2 Å². The molecule has 0 atom stereocenters. The van der Waals surface area contributed by atoms with Crippen LogP contribution in [0.15, 0.2) is 22.6 Å². The third-order valence-electron chi connectivity index (χ3n) is 3.05. The molecule has 0 amide bonds. The van der Waals surface area contributed by atoms with Crippen molar-refractivity contribution >= 4 is 33.3 Å². The zero-order valence-corrected chi connectivity index (χ0v) is 13.3. The van der Waals surface area contributed by atoms with E-state index in [0.717, 1.165) is 26.7 Å². The van der Waals surface area contributed by atoms with Gasteiger partial charge in [0.25, 0.3) is 5.56 Å². The highest BCUT2D eigenvalue weighted by Crippen LogP contribution is 2.29. The van der Waals surface area contributed by atoms with Crippen molar-refractivity contribution in [3.8, 4) is 0 Å². The Balaban J connectivity index is 2.77. The Hall–Kier alpha value is -1.07. The van der Waals surface area contributed by atoms with Gasteiger partial charge >= 0.3 is 0 Å². The lowest BCUT2D eigenvalue weighted by Gasteiger charge is -2.14. The number of aromatic nitrogens is 2. The van der Waals surface area contributed by atoms with Gasteiger partial charge in [-0.2, -0.15) is 0 Å². The number of aryl methyl sites for hydroxylation is 2. The van der Waals surface area contributed by atoms with Crippen molar-refractivity contribution in [3.63, 3.8) is 0 Å². The number of thiophene rings is 1. The topological polar surface area (TPSA) is 34.9 Å². The van der Waals surface area contributed by atoms with Crippen LogP contribution in [0.2, 0.25) is 0 Å². The summed E-state index contributed by atoms with van der Waals surface area (Å²) in [5.74, 6) is 0.758. The van der Waals surface area contributed by atoms with Gasteiger partial charge in [0.1, 0.15) is 4.83 Å². The van der Waals surface area contributed by atoms with E-state index in [1.54, 1.807) is 27.7 Å². The van der Waals surface area contributed by atoms with E-state index >= 15 is 0 Å². The van der Waals surface area contributed by atoms with Gasteiger partial charge < -0.3 is 0 Å². The molecule has 2 aromatic heterocycles. The van der Waals surface area contributed by atoms with Crippen LogP contribution in [-0.2, 0) is 0 Å². The number of fused-ring (bicyclic) bond motifs is 1. The molecule has 0 bridgehead atoms. The summed E-state index contributed by atoms with van der Waals surface area (Å²) in [6.07, 6.45) is 1.83. The van der Waals surface area contributed by atoms with Gasteiger partial charge in [0, 0.05) is 16.7 Å². The van der Waals surface area contributed by atoms with Crippen molar-refractivity contribution in [2.45, 2.75) is 38.9 Å². The van der Waals surface area contributed by atoms with Crippen LogP contribution < -0.4 is 5.56 Å². The zero-order chi connectivity index (χ0) is 14.2. The first-order valence-corrected chi connectivity index (χ1v) is 8.03. The van der Waals surface area contributed by atoms with Crippen LogP contribution in [-0.4, -0.2) is 15.3 Å². The average molecular weight is 294 g/mol. The lowest BCUT2D eigenvalue weighted by Crippen LogP contribution is -2.24. The molecule has 0 fully saturated rings. The van der Waals surface area contributed by atoms with Crippen LogP contribution in [0.4, 0.5) is 0 Å². The highest BCUT2D eigenvalue weighted by molar-refractivity contribution is 7.99. The van der Waals surface area contributed by atoms with Gasteiger partial charge in [-0.15, -0.1) is 17.9 Å². The Morgan fingerprint density at radius 2 is 2.16 bits per heavy atom. The lowest BCUT2D eigenvalue weighted by atomic mass is 10.2. The monoisotopic (exact) mass is 294 g/mol. The Morgan fingerprint density at radius 1 is 1.47 bits per heavy atom. The summed E-state index contributed by atoms with van der Waals surface area (Å²) in [6, 6.07) is 0.108. The highest BCUT2D eigenvalue weighted by atomic mass is 32.2. The third-order valence-corrected chi connectivity index (χ3v) is 5.10. The minimum absolute atomic E-state index is 0.0772. The number of hydrogen-bond donors (Lipinski definition) is 0. The van der Waals surface area contributed by atoms with Gasteiger partial charge in [0.15, 0.2) is 5.16 Å². The highest BCUT2D eigenvalue weighted by Gasteiger charge is 2.17. The Labute approximate surface area is 121 Å². The van der Waals surface area contributed by atoms with E-state index in [9.17, 15) is 4.79 Å². The third kappa shape index (κ3) is 2.49. The number of rotatable bonds is 4. The van der Waals surface area contributed by atoms with Gasteiger partial charge in [-0.05, 0) is 33.3 Å². The fourth-order valence-electron chi connectivity index (χ4n) is 1.98. The number of hydrogen-bond acceptors (Lipinski definition) is 4. The van der Waals surface area contributed by atoms with E-state index in [1.165, 1.54) is 4.88 Å². The van der Waals surface area contributed by atoms with E-state index in [2.05, 4.69) is 11.6 Å². The molecule has 0 aliphatic carbocycles. The van der Waals surface area contributed by atoms with E-state index < -0.39 is 0 Å². The maximum atomic E-state index is 12.7. The minimum atomic E-state index is 0.0772. The van der Waals surface area contributed by atoms with Crippen LogP contribution >= 0.6 is 23.1 Å².